The van der Waals surface area contributed by atoms with Gasteiger partial charge in [-0.1, -0.05) is 57.2 Å². The lowest BCUT2D eigenvalue weighted by atomic mass is 9.76. The molecule has 1 aromatic rings. The second kappa shape index (κ2) is 9.76. The zero-order chi connectivity index (χ0) is 23.5. The summed E-state index contributed by atoms with van der Waals surface area (Å²) in [6, 6.07) is 10.9. The van der Waals surface area contributed by atoms with Crippen molar-refractivity contribution < 1.29 is 24.4 Å². The molecule has 1 aliphatic carbocycles. The van der Waals surface area contributed by atoms with Gasteiger partial charge in [-0.2, -0.15) is 5.26 Å². The average Bonchev–Trinajstić information content (AvgIpc) is 3.41. The Bertz CT molecular complexity index is 906. The molecule has 1 aromatic carbocycles. The number of carbonyl (C=O) groups excluding carboxylic acids is 2. The lowest BCUT2D eigenvalue weighted by Crippen LogP contribution is -2.49. The number of fused-ring (bicyclic) bond motifs is 1. The fourth-order valence-corrected chi connectivity index (χ4v) is 4.20. The summed E-state index contributed by atoms with van der Waals surface area (Å²) >= 11 is 0. The molecule has 0 radical (unpaired) electrons. The molecular formula is C23H30BN3O5. The smallest absolute Gasteiger partial charge is 0.447 e. The third-order valence-electron chi connectivity index (χ3n) is 5.84. The molecule has 3 N–H and O–H groups in total. The molecule has 2 amide bonds. The highest BCUT2D eigenvalue weighted by atomic mass is 16.5. The van der Waals surface area contributed by atoms with Crippen LogP contribution in [0.15, 0.2) is 42.0 Å². The average molecular weight is 439 g/mol. The van der Waals surface area contributed by atoms with E-state index in [1.165, 1.54) is 0 Å². The van der Waals surface area contributed by atoms with Crippen LogP contribution in [-0.2, 0) is 16.0 Å². The summed E-state index contributed by atoms with van der Waals surface area (Å²) in [6.45, 7) is 6.31. The minimum Gasteiger partial charge on any atom is -0.447 e. The molecule has 0 aromatic heterocycles. The maximum absolute atomic E-state index is 13.0. The van der Waals surface area contributed by atoms with Gasteiger partial charge in [-0.25, -0.2) is 4.79 Å². The van der Waals surface area contributed by atoms with Gasteiger partial charge in [0.05, 0.1) is 12.0 Å². The second-order valence-corrected chi connectivity index (χ2v) is 9.67. The van der Waals surface area contributed by atoms with Gasteiger partial charge >= 0.3 is 13.2 Å². The normalized spacial score (nSPS) is 23.1. The highest BCUT2D eigenvalue weighted by Crippen LogP contribution is 2.50. The molecule has 4 atom stereocenters. The molecule has 1 aliphatic heterocycles. The molecule has 170 valence electrons. The van der Waals surface area contributed by atoms with Crippen LogP contribution in [0.1, 0.15) is 32.8 Å². The maximum Gasteiger partial charge on any atom is 0.475 e. The highest BCUT2D eigenvalue weighted by molar-refractivity contribution is 6.43. The van der Waals surface area contributed by atoms with Crippen molar-refractivity contribution in [1.29, 1.82) is 5.26 Å². The first-order chi connectivity index (χ1) is 15.1. The van der Waals surface area contributed by atoms with Crippen molar-refractivity contribution >= 4 is 19.1 Å². The molecular weight excluding hydrogens is 409 g/mol. The van der Waals surface area contributed by atoms with Gasteiger partial charge in [0.25, 0.3) is 5.91 Å². The first-order valence-corrected chi connectivity index (χ1v) is 10.9. The lowest BCUT2D eigenvalue weighted by molar-refractivity contribution is -0.129. The van der Waals surface area contributed by atoms with Crippen LogP contribution < -0.4 is 5.32 Å². The highest BCUT2D eigenvalue weighted by Gasteiger charge is 2.54. The van der Waals surface area contributed by atoms with E-state index in [9.17, 15) is 24.9 Å². The van der Waals surface area contributed by atoms with Gasteiger partial charge in [-0.3, -0.25) is 4.79 Å². The number of hydrogen-bond donors (Lipinski definition) is 3. The van der Waals surface area contributed by atoms with Gasteiger partial charge in [0.1, 0.15) is 18.2 Å². The van der Waals surface area contributed by atoms with Crippen molar-refractivity contribution in [1.82, 2.24) is 10.2 Å². The molecule has 0 unspecified atom stereocenters. The Labute approximate surface area is 189 Å². The van der Waals surface area contributed by atoms with Gasteiger partial charge in [0.2, 0.25) is 0 Å². The number of nitriles is 1. The van der Waals surface area contributed by atoms with E-state index >= 15 is 0 Å². The largest absolute Gasteiger partial charge is 0.475 e. The summed E-state index contributed by atoms with van der Waals surface area (Å²) in [5.74, 6) is -0.642. The molecule has 0 spiro atoms. The molecule has 0 bridgehead atoms. The van der Waals surface area contributed by atoms with Crippen molar-refractivity contribution in [3.8, 4) is 6.07 Å². The van der Waals surface area contributed by atoms with Crippen molar-refractivity contribution in [2.24, 2.45) is 17.3 Å². The number of carbonyl (C=O) groups is 2. The number of piperidine rings is 1. The topological polar surface area (TPSA) is 123 Å². The first-order valence-electron chi connectivity index (χ1n) is 10.9. The van der Waals surface area contributed by atoms with Gasteiger partial charge in [-0.15, -0.1) is 0 Å². The van der Waals surface area contributed by atoms with E-state index in [1.807, 2.05) is 57.2 Å². The van der Waals surface area contributed by atoms with E-state index in [-0.39, 0.29) is 41.9 Å². The number of benzene rings is 1. The van der Waals surface area contributed by atoms with Crippen LogP contribution >= 0.6 is 0 Å². The quantitative estimate of drug-likeness (QED) is 0.338. The van der Waals surface area contributed by atoms with E-state index in [1.54, 1.807) is 11.0 Å². The summed E-state index contributed by atoms with van der Waals surface area (Å²) < 4.78 is 5.37. The Balaban J connectivity index is 1.59. The van der Waals surface area contributed by atoms with E-state index in [0.717, 1.165) is 12.0 Å². The van der Waals surface area contributed by atoms with Crippen LogP contribution in [0.3, 0.4) is 0 Å². The van der Waals surface area contributed by atoms with Crippen molar-refractivity contribution in [3.63, 3.8) is 0 Å². The summed E-state index contributed by atoms with van der Waals surface area (Å²) in [5.41, 5.74) is 0.627. The zero-order valence-electron chi connectivity index (χ0n) is 18.7. The molecule has 3 rings (SSSR count). The van der Waals surface area contributed by atoms with E-state index < -0.39 is 19.2 Å². The molecule has 2 fully saturated rings. The van der Waals surface area contributed by atoms with Gasteiger partial charge < -0.3 is 25.0 Å². The number of ether oxygens (including phenoxy) is 1. The number of nitrogens with one attached hydrogen (secondary N) is 1. The van der Waals surface area contributed by atoms with Crippen LogP contribution in [0, 0.1) is 28.6 Å². The first kappa shape index (κ1) is 23.8. The Kier molecular flexibility index (Phi) is 7.27. The molecule has 1 saturated carbocycles. The standard InChI is InChI=1S/C23H30BN3O5/c1-23(2,3)11-17(12-25)21(28)27-13-16-10-18(16)19(27)14-32-22(29)26-20(24(30)31)9-15-7-5-4-6-8-15/h4-8,11,16,18-20,30-31H,9-10,13-14H2,1-3H3,(H,26,29)/b17-11+/t16-,18-,19+,20-/m0/s1. The fraction of sp³-hybridized carbons (Fsp3) is 0.522. The Morgan fingerprint density at radius 3 is 2.62 bits per heavy atom. The van der Waals surface area contributed by atoms with Crippen molar-refractivity contribution in [3.05, 3.63) is 47.5 Å². The molecule has 1 saturated heterocycles. The fourth-order valence-electron chi connectivity index (χ4n) is 4.20. The van der Waals surface area contributed by atoms with Gasteiger partial charge in [0.15, 0.2) is 0 Å². The van der Waals surface area contributed by atoms with Crippen molar-refractivity contribution in [2.75, 3.05) is 13.2 Å². The van der Waals surface area contributed by atoms with Crippen LogP contribution in [0.25, 0.3) is 0 Å². The number of rotatable bonds is 7. The Hall–Kier alpha value is -2.83. The monoisotopic (exact) mass is 439 g/mol. The van der Waals surface area contributed by atoms with E-state index in [2.05, 4.69) is 5.32 Å². The summed E-state index contributed by atoms with van der Waals surface area (Å²) in [5, 5.41) is 31.2. The van der Waals surface area contributed by atoms with E-state index in [4.69, 9.17) is 4.74 Å². The summed E-state index contributed by atoms with van der Waals surface area (Å²) in [4.78, 5) is 26.9. The van der Waals surface area contributed by atoms with Gasteiger partial charge in [0, 0.05) is 6.54 Å². The molecule has 1 heterocycles. The van der Waals surface area contributed by atoms with Crippen molar-refractivity contribution in [2.45, 2.75) is 45.6 Å². The molecule has 8 nitrogen and oxygen atoms in total. The van der Waals surface area contributed by atoms with E-state index in [0.29, 0.717) is 12.5 Å². The van der Waals surface area contributed by atoms with Crippen LogP contribution in [-0.4, -0.2) is 59.2 Å². The predicted octanol–water partition coefficient (Wildman–Crippen LogP) is 1.68. The SMILES string of the molecule is CC(C)(C)/C=C(\C#N)C(=O)N1C[C@@H]2C[C@@H]2[C@H]1COC(=O)N[C@@H](Cc1ccccc1)B(O)O. The number of nitrogens with zero attached hydrogens (tertiary/aromatic N) is 2. The van der Waals surface area contributed by atoms with Crippen LogP contribution in [0.5, 0.6) is 0 Å². The minimum atomic E-state index is -1.75. The Morgan fingerprint density at radius 2 is 2.03 bits per heavy atom. The lowest BCUT2D eigenvalue weighted by Gasteiger charge is -2.28. The third-order valence-corrected chi connectivity index (χ3v) is 5.84. The number of hydrogen-bond acceptors (Lipinski definition) is 6. The minimum absolute atomic E-state index is 0.00739. The summed E-state index contributed by atoms with van der Waals surface area (Å²) in [6.07, 6.45) is 2.09. The molecule has 2 aliphatic rings. The zero-order valence-corrected chi connectivity index (χ0v) is 18.7. The molecule has 32 heavy (non-hydrogen) atoms. The number of alkyl carbamates (subject to hydrolysis) is 1. The number of allylic oxidation sites excluding steroid dienone is 1. The van der Waals surface area contributed by atoms with Gasteiger partial charge in [-0.05, 0) is 35.7 Å². The molecule has 9 heteroatoms. The summed E-state index contributed by atoms with van der Waals surface area (Å²) in [7, 11) is -1.75. The number of likely N-dealkylation sites (tertiary alicyclic amines) is 1. The predicted molar refractivity (Wildman–Crippen MR) is 119 cm³/mol. The van der Waals surface area contributed by atoms with Crippen LogP contribution in [0.4, 0.5) is 4.79 Å². The number of amides is 2. The maximum atomic E-state index is 13.0. The third kappa shape index (κ3) is 6.12. The van der Waals surface area contributed by atoms with Crippen LogP contribution in [0.2, 0.25) is 0 Å². The second-order valence-electron chi connectivity index (χ2n) is 9.67. The Morgan fingerprint density at radius 1 is 1.34 bits per heavy atom.